The van der Waals surface area contributed by atoms with Gasteiger partial charge >= 0.3 is 6.36 Å². The molecule has 0 unspecified atom stereocenters. The SMILES string of the molecule is CN(C)c1cccc2c(S(=O)(=O)N3C[C@@H]4C[C@H](C3)c3ccc(-c5ccc(OC(F)(F)F)cc5)c(=O)n3C4)cccc12. The van der Waals surface area contributed by atoms with Gasteiger partial charge in [-0.3, -0.25) is 4.79 Å². The fraction of sp³-hybridized carbons (Fsp3) is 0.300. The Kier molecular flexibility index (Phi) is 6.61. The molecule has 7 nitrogen and oxygen atoms in total. The number of sulfonamides is 1. The lowest BCUT2D eigenvalue weighted by Crippen LogP contribution is -2.49. The van der Waals surface area contributed by atoms with E-state index in [1.807, 2.05) is 49.3 Å². The second-order valence-corrected chi connectivity index (χ2v) is 12.7. The number of halogens is 3. The normalized spacial score (nSPS) is 19.1. The van der Waals surface area contributed by atoms with Gasteiger partial charge in [-0.15, -0.1) is 13.2 Å². The van der Waals surface area contributed by atoms with Crippen LogP contribution < -0.4 is 15.2 Å². The van der Waals surface area contributed by atoms with Crippen molar-refractivity contribution in [1.82, 2.24) is 8.87 Å². The molecule has 3 aromatic carbocycles. The van der Waals surface area contributed by atoms with Crippen molar-refractivity contribution in [3.63, 3.8) is 0 Å². The molecule has 11 heteroatoms. The Morgan fingerprint density at radius 1 is 0.878 bits per heavy atom. The predicted octanol–water partition coefficient (Wildman–Crippen LogP) is 5.44. The molecule has 1 aromatic heterocycles. The molecule has 2 aliphatic heterocycles. The van der Waals surface area contributed by atoms with Gasteiger partial charge in [0.2, 0.25) is 10.0 Å². The van der Waals surface area contributed by atoms with Crippen molar-refractivity contribution in [2.45, 2.75) is 30.1 Å². The zero-order valence-corrected chi connectivity index (χ0v) is 23.2. The van der Waals surface area contributed by atoms with Crippen molar-refractivity contribution in [3.8, 4) is 16.9 Å². The first-order chi connectivity index (χ1) is 19.4. The summed E-state index contributed by atoms with van der Waals surface area (Å²) >= 11 is 0. The average Bonchev–Trinajstić information content (AvgIpc) is 2.92. The minimum atomic E-state index is -4.80. The molecular formula is C30H28F3N3O4S. The number of ether oxygens (including phenoxy) is 1. The number of nitrogens with zero attached hydrogens (tertiary/aromatic N) is 3. The van der Waals surface area contributed by atoms with Gasteiger partial charge in [0.25, 0.3) is 5.56 Å². The van der Waals surface area contributed by atoms with Gasteiger partial charge in [0, 0.05) is 67.4 Å². The Labute approximate surface area is 235 Å². The zero-order chi connectivity index (χ0) is 29.1. The van der Waals surface area contributed by atoms with E-state index < -0.39 is 16.4 Å². The van der Waals surface area contributed by atoms with Crippen LogP contribution in [0.1, 0.15) is 18.0 Å². The van der Waals surface area contributed by atoms with Crippen molar-refractivity contribution >= 4 is 26.5 Å². The van der Waals surface area contributed by atoms with Crippen LogP contribution in [-0.4, -0.2) is 50.8 Å². The second kappa shape index (κ2) is 9.92. The van der Waals surface area contributed by atoms with E-state index >= 15 is 0 Å². The Morgan fingerprint density at radius 3 is 2.29 bits per heavy atom. The number of benzene rings is 3. The van der Waals surface area contributed by atoms with E-state index in [0.717, 1.165) is 23.2 Å². The summed E-state index contributed by atoms with van der Waals surface area (Å²) in [7, 11) is 0.0226. The summed E-state index contributed by atoms with van der Waals surface area (Å²) in [5.74, 6) is -0.577. The molecule has 4 aromatic rings. The van der Waals surface area contributed by atoms with E-state index in [9.17, 15) is 26.4 Å². The van der Waals surface area contributed by atoms with Crippen LogP contribution >= 0.6 is 0 Å². The van der Waals surface area contributed by atoms with Gasteiger partial charge in [-0.2, -0.15) is 4.31 Å². The zero-order valence-electron chi connectivity index (χ0n) is 22.4. The van der Waals surface area contributed by atoms with Crippen LogP contribution in [0, 0.1) is 5.92 Å². The molecule has 0 saturated carbocycles. The molecule has 2 bridgehead atoms. The highest BCUT2D eigenvalue weighted by molar-refractivity contribution is 7.89. The standard InChI is InChI=1S/C30H28F3N3O4S/c1-34(2)27-7-3-6-25-24(27)5-4-8-28(25)41(38,39)35-16-19-15-21(18-35)26-14-13-23(29(37)36(26)17-19)20-9-11-22(12-10-20)40-30(31,32)33/h3-14,19,21H,15-18H2,1-2H3/t19-,21+/m0/s1. The monoisotopic (exact) mass is 583 g/mol. The van der Waals surface area contributed by atoms with Gasteiger partial charge in [-0.1, -0.05) is 36.4 Å². The summed E-state index contributed by atoms with van der Waals surface area (Å²) < 4.78 is 72.8. The van der Waals surface area contributed by atoms with Crippen LogP contribution in [0.15, 0.2) is 82.5 Å². The number of piperidine rings is 1. The first-order valence-corrected chi connectivity index (χ1v) is 14.7. The molecule has 214 valence electrons. The number of hydrogen-bond donors (Lipinski definition) is 0. The van der Waals surface area contributed by atoms with Gasteiger partial charge in [0.1, 0.15) is 5.75 Å². The number of hydrogen-bond acceptors (Lipinski definition) is 5. The quantitative estimate of drug-likeness (QED) is 0.313. The molecule has 1 saturated heterocycles. The summed E-state index contributed by atoms with van der Waals surface area (Å²) in [6.07, 6.45) is -4.02. The van der Waals surface area contributed by atoms with E-state index in [1.54, 1.807) is 27.1 Å². The fourth-order valence-electron chi connectivity index (χ4n) is 6.17. The van der Waals surface area contributed by atoms with Crippen LogP contribution in [0.4, 0.5) is 18.9 Å². The molecule has 1 fully saturated rings. The van der Waals surface area contributed by atoms with Crippen molar-refractivity contribution in [2.75, 3.05) is 32.1 Å². The third kappa shape index (κ3) is 4.97. The summed E-state index contributed by atoms with van der Waals surface area (Å²) in [6.45, 7) is 0.910. The van der Waals surface area contributed by atoms with Crippen molar-refractivity contribution in [1.29, 1.82) is 0 Å². The van der Waals surface area contributed by atoms with Gasteiger partial charge < -0.3 is 14.2 Å². The second-order valence-electron chi connectivity index (χ2n) is 10.8. The molecule has 0 amide bonds. The maximum atomic E-state index is 14.0. The van der Waals surface area contributed by atoms with Gasteiger partial charge in [0.05, 0.1) is 4.90 Å². The Morgan fingerprint density at radius 2 is 1.59 bits per heavy atom. The van der Waals surface area contributed by atoms with E-state index in [4.69, 9.17) is 0 Å². The predicted molar refractivity (Wildman–Crippen MR) is 151 cm³/mol. The number of aromatic nitrogens is 1. The first kappa shape index (κ1) is 27.3. The molecule has 41 heavy (non-hydrogen) atoms. The van der Waals surface area contributed by atoms with Gasteiger partial charge in [0.15, 0.2) is 0 Å². The van der Waals surface area contributed by atoms with Crippen LogP contribution in [0.2, 0.25) is 0 Å². The highest BCUT2D eigenvalue weighted by Crippen LogP contribution is 2.39. The van der Waals surface area contributed by atoms with Crippen LogP contribution in [-0.2, 0) is 16.6 Å². The highest BCUT2D eigenvalue weighted by atomic mass is 32.2. The molecule has 6 rings (SSSR count). The van der Waals surface area contributed by atoms with Crippen LogP contribution in [0.3, 0.4) is 0 Å². The molecule has 0 N–H and O–H groups in total. The maximum absolute atomic E-state index is 14.0. The highest BCUT2D eigenvalue weighted by Gasteiger charge is 2.40. The van der Waals surface area contributed by atoms with E-state index in [-0.39, 0.29) is 34.6 Å². The summed E-state index contributed by atoms with van der Waals surface area (Å²) in [5, 5.41) is 1.53. The fourth-order valence-corrected chi connectivity index (χ4v) is 7.94. The van der Waals surface area contributed by atoms with Crippen molar-refractivity contribution in [2.24, 2.45) is 5.92 Å². The number of pyridine rings is 1. The minimum absolute atomic E-state index is 0.0566. The topological polar surface area (TPSA) is 71.9 Å². The summed E-state index contributed by atoms with van der Waals surface area (Å²) in [4.78, 5) is 15.7. The minimum Gasteiger partial charge on any atom is -0.406 e. The lowest BCUT2D eigenvalue weighted by atomic mass is 9.84. The van der Waals surface area contributed by atoms with Crippen molar-refractivity contribution in [3.05, 3.63) is 88.8 Å². The number of rotatable bonds is 5. The number of alkyl halides is 3. The molecular weight excluding hydrogens is 555 g/mol. The molecule has 2 aliphatic rings. The van der Waals surface area contributed by atoms with Crippen molar-refractivity contribution < 1.29 is 26.3 Å². The van der Waals surface area contributed by atoms with E-state index in [0.29, 0.717) is 29.6 Å². The number of anilines is 1. The Balaban J connectivity index is 1.31. The lowest BCUT2D eigenvalue weighted by Gasteiger charge is -2.42. The molecule has 0 aliphatic carbocycles. The molecule has 0 radical (unpaired) electrons. The van der Waals surface area contributed by atoms with Gasteiger partial charge in [-0.05, 0) is 54.3 Å². The third-order valence-electron chi connectivity index (χ3n) is 7.93. The Bertz CT molecular complexity index is 1800. The summed E-state index contributed by atoms with van der Waals surface area (Å²) in [6, 6.07) is 19.7. The van der Waals surface area contributed by atoms with E-state index in [1.165, 1.54) is 24.3 Å². The first-order valence-electron chi connectivity index (χ1n) is 13.2. The number of fused-ring (bicyclic) bond motifs is 5. The summed E-state index contributed by atoms with van der Waals surface area (Å²) in [5.41, 5.74) is 2.29. The smallest absolute Gasteiger partial charge is 0.406 e. The lowest BCUT2D eigenvalue weighted by molar-refractivity contribution is -0.274. The maximum Gasteiger partial charge on any atom is 0.573 e. The van der Waals surface area contributed by atoms with Gasteiger partial charge in [-0.25, -0.2) is 8.42 Å². The van der Waals surface area contributed by atoms with Crippen LogP contribution in [0.25, 0.3) is 21.9 Å². The Hall–Kier alpha value is -3.83. The van der Waals surface area contributed by atoms with Crippen LogP contribution in [0.5, 0.6) is 5.75 Å². The molecule has 0 spiro atoms. The largest absolute Gasteiger partial charge is 0.573 e. The molecule has 2 atom stereocenters. The molecule has 3 heterocycles. The average molecular weight is 584 g/mol. The third-order valence-corrected chi connectivity index (χ3v) is 9.82. The van der Waals surface area contributed by atoms with E-state index in [2.05, 4.69) is 4.74 Å².